The Kier molecular flexibility index (Phi) is 3.75. The van der Waals surface area contributed by atoms with E-state index in [9.17, 15) is 8.42 Å². The van der Waals surface area contributed by atoms with Crippen LogP contribution in [0.3, 0.4) is 0 Å². The van der Waals surface area contributed by atoms with Crippen LogP contribution in [0.2, 0.25) is 0 Å². The molecule has 0 aromatic heterocycles. The number of benzene rings is 1. The quantitative estimate of drug-likeness (QED) is 0.864. The Labute approximate surface area is 114 Å². The van der Waals surface area contributed by atoms with Gasteiger partial charge in [0.15, 0.2) is 0 Å². The molecule has 2 rings (SSSR count). The number of nitrogens with zero attached hydrogens (tertiary/aromatic N) is 1. The van der Waals surface area contributed by atoms with Crippen LogP contribution in [-0.4, -0.2) is 14.1 Å². The fraction of sp³-hybridized carbons (Fsp3) is 0.357. The van der Waals surface area contributed by atoms with Gasteiger partial charge in [0.2, 0.25) is 0 Å². The molecule has 1 aliphatic rings. The summed E-state index contributed by atoms with van der Waals surface area (Å²) in [4.78, 5) is 2.50. The number of nitrogens with one attached hydrogen (secondary N) is 1. The molecule has 0 heterocycles. The molecule has 5 heteroatoms. The molecule has 102 valence electrons. The van der Waals surface area contributed by atoms with E-state index < -0.39 is 10.0 Å². The zero-order valence-electron chi connectivity index (χ0n) is 11.1. The van der Waals surface area contributed by atoms with E-state index in [2.05, 4.69) is 29.9 Å². The summed E-state index contributed by atoms with van der Waals surface area (Å²) in [5.41, 5.74) is 0.927. The third kappa shape index (κ3) is 3.67. The van der Waals surface area contributed by atoms with Crippen LogP contribution in [0.25, 0.3) is 0 Å². The molecule has 0 atom stereocenters. The number of hydrogen-bond donors (Lipinski definition) is 1. The third-order valence-corrected chi connectivity index (χ3v) is 4.34. The lowest BCUT2D eigenvalue weighted by atomic mass is 9.82. The number of hydrazone groups is 1. The van der Waals surface area contributed by atoms with Gasteiger partial charge in [0, 0.05) is 0 Å². The first kappa shape index (κ1) is 13.8. The number of rotatable bonds is 3. The molecule has 0 aliphatic heterocycles. The fourth-order valence-corrected chi connectivity index (χ4v) is 2.66. The first-order valence-electron chi connectivity index (χ1n) is 6.22. The van der Waals surface area contributed by atoms with Crippen molar-refractivity contribution in [1.29, 1.82) is 0 Å². The van der Waals surface area contributed by atoms with Crippen LogP contribution in [0.15, 0.2) is 52.5 Å². The largest absolute Gasteiger partial charge is 0.276 e. The Morgan fingerprint density at radius 3 is 2.47 bits per heavy atom. The van der Waals surface area contributed by atoms with Gasteiger partial charge in [-0.05, 0) is 36.5 Å². The van der Waals surface area contributed by atoms with Gasteiger partial charge in [-0.25, -0.2) is 0 Å². The Hall–Kier alpha value is -1.62. The van der Waals surface area contributed by atoms with Crippen molar-refractivity contribution in [2.45, 2.75) is 31.6 Å². The average Bonchev–Trinajstić information content (AvgIpc) is 2.39. The van der Waals surface area contributed by atoms with Gasteiger partial charge in [-0.15, -0.1) is 0 Å². The molecule has 1 aliphatic carbocycles. The molecule has 4 nitrogen and oxygen atoms in total. The molecule has 0 radical (unpaired) electrons. The number of allylic oxidation sites excluding steroid dienone is 2. The Morgan fingerprint density at radius 2 is 1.89 bits per heavy atom. The minimum Gasteiger partial charge on any atom is -0.200 e. The SMILES string of the molecule is CC1(C)C=C/C(=N/NS(=O)(=O)c2ccccc2)CC1. The first-order chi connectivity index (χ1) is 8.89. The monoisotopic (exact) mass is 278 g/mol. The second kappa shape index (κ2) is 5.17. The zero-order chi connectivity index (χ0) is 13.9. The van der Waals surface area contributed by atoms with E-state index in [1.54, 1.807) is 30.3 Å². The van der Waals surface area contributed by atoms with Crippen molar-refractivity contribution in [1.82, 2.24) is 4.83 Å². The van der Waals surface area contributed by atoms with Crippen LogP contribution in [0.1, 0.15) is 26.7 Å². The maximum absolute atomic E-state index is 12.0. The van der Waals surface area contributed by atoms with Crippen LogP contribution in [-0.2, 0) is 10.0 Å². The van der Waals surface area contributed by atoms with Crippen molar-refractivity contribution in [3.63, 3.8) is 0 Å². The molecule has 19 heavy (non-hydrogen) atoms. The molecule has 0 saturated heterocycles. The van der Waals surface area contributed by atoms with Crippen molar-refractivity contribution >= 4 is 15.7 Å². The van der Waals surface area contributed by atoms with E-state index in [1.807, 2.05) is 6.08 Å². The summed E-state index contributed by atoms with van der Waals surface area (Å²) in [6, 6.07) is 8.23. The van der Waals surface area contributed by atoms with Crippen molar-refractivity contribution in [3.8, 4) is 0 Å². The molecule has 1 aromatic rings. The molecule has 1 N–H and O–H groups in total. The molecule has 0 saturated carbocycles. The normalized spacial score (nSPS) is 20.4. The van der Waals surface area contributed by atoms with Crippen molar-refractivity contribution in [2.75, 3.05) is 0 Å². The highest BCUT2D eigenvalue weighted by atomic mass is 32.2. The summed E-state index contributed by atoms with van der Waals surface area (Å²) < 4.78 is 23.9. The molecule has 0 bridgehead atoms. The van der Waals surface area contributed by atoms with Crippen molar-refractivity contribution in [2.24, 2.45) is 10.5 Å². The van der Waals surface area contributed by atoms with Gasteiger partial charge in [-0.3, -0.25) is 0 Å². The van der Waals surface area contributed by atoms with Gasteiger partial charge >= 0.3 is 0 Å². The second-order valence-corrected chi connectivity index (χ2v) is 6.99. The van der Waals surface area contributed by atoms with Crippen molar-refractivity contribution in [3.05, 3.63) is 42.5 Å². The standard InChI is InChI=1S/C14H18N2O2S/c1-14(2)10-8-12(9-11-14)15-16-19(17,18)13-6-4-3-5-7-13/h3-8,10,16H,9,11H2,1-2H3/b15-12-. The van der Waals surface area contributed by atoms with Gasteiger partial charge < -0.3 is 0 Å². The topological polar surface area (TPSA) is 58.5 Å². The van der Waals surface area contributed by atoms with E-state index >= 15 is 0 Å². The van der Waals surface area contributed by atoms with E-state index in [4.69, 9.17) is 0 Å². The molecule has 0 spiro atoms. The molecule has 1 aromatic carbocycles. The minimum absolute atomic E-state index is 0.164. The van der Waals surface area contributed by atoms with E-state index in [1.165, 1.54) is 0 Å². The maximum atomic E-state index is 12.0. The minimum atomic E-state index is -3.56. The average molecular weight is 278 g/mol. The fourth-order valence-electron chi connectivity index (χ4n) is 1.80. The molecular formula is C14H18N2O2S. The van der Waals surface area contributed by atoms with Gasteiger partial charge in [-0.1, -0.05) is 38.1 Å². The third-order valence-electron chi connectivity index (χ3n) is 3.12. The highest BCUT2D eigenvalue weighted by Gasteiger charge is 2.19. The van der Waals surface area contributed by atoms with Gasteiger partial charge in [-0.2, -0.15) is 18.4 Å². The van der Waals surface area contributed by atoms with E-state index in [0.717, 1.165) is 18.6 Å². The van der Waals surface area contributed by atoms with E-state index in [0.29, 0.717) is 0 Å². The maximum Gasteiger partial charge on any atom is 0.276 e. The Balaban J connectivity index is 2.11. The predicted molar refractivity (Wildman–Crippen MR) is 76.4 cm³/mol. The van der Waals surface area contributed by atoms with Gasteiger partial charge in [0.25, 0.3) is 10.0 Å². The van der Waals surface area contributed by atoms with Crippen LogP contribution < -0.4 is 4.83 Å². The summed E-state index contributed by atoms with van der Waals surface area (Å²) in [7, 11) is -3.56. The smallest absolute Gasteiger partial charge is 0.200 e. The summed E-state index contributed by atoms with van der Waals surface area (Å²) in [6.45, 7) is 4.29. The van der Waals surface area contributed by atoms with Crippen LogP contribution in [0, 0.1) is 5.41 Å². The second-order valence-electron chi connectivity index (χ2n) is 5.33. The summed E-state index contributed by atoms with van der Waals surface area (Å²) in [5, 5.41) is 3.99. The predicted octanol–water partition coefficient (Wildman–Crippen LogP) is 2.70. The van der Waals surface area contributed by atoms with Gasteiger partial charge in [0.1, 0.15) is 0 Å². The lowest BCUT2D eigenvalue weighted by molar-refractivity contribution is 0.441. The van der Waals surface area contributed by atoms with Gasteiger partial charge in [0.05, 0.1) is 10.6 Å². The lowest BCUT2D eigenvalue weighted by Crippen LogP contribution is -2.22. The van der Waals surface area contributed by atoms with Crippen LogP contribution in [0.4, 0.5) is 0 Å². The summed E-state index contributed by atoms with van der Waals surface area (Å²) in [6.07, 6.45) is 5.69. The lowest BCUT2D eigenvalue weighted by Gasteiger charge is -2.24. The Bertz CT molecular complexity index is 602. The zero-order valence-corrected chi connectivity index (χ0v) is 11.9. The van der Waals surface area contributed by atoms with Crippen molar-refractivity contribution < 1.29 is 8.42 Å². The van der Waals surface area contributed by atoms with Crippen LogP contribution >= 0.6 is 0 Å². The highest BCUT2D eigenvalue weighted by molar-refractivity contribution is 7.89. The molecular weight excluding hydrogens is 260 g/mol. The Morgan fingerprint density at radius 1 is 1.21 bits per heavy atom. The first-order valence-corrected chi connectivity index (χ1v) is 7.70. The summed E-state index contributed by atoms with van der Waals surface area (Å²) in [5.74, 6) is 0. The van der Waals surface area contributed by atoms with E-state index in [-0.39, 0.29) is 10.3 Å². The molecule has 0 fully saturated rings. The number of sulfonamides is 1. The summed E-state index contributed by atoms with van der Waals surface area (Å²) >= 11 is 0. The molecule has 0 amide bonds. The number of hydrogen-bond acceptors (Lipinski definition) is 3. The highest BCUT2D eigenvalue weighted by Crippen LogP contribution is 2.28. The molecule has 0 unspecified atom stereocenters. The van der Waals surface area contributed by atoms with Crippen LogP contribution in [0.5, 0.6) is 0 Å².